The fraction of sp³-hybridized carbons (Fsp3) is 0.800. The Morgan fingerprint density at radius 3 is 2.09 bits per heavy atom. The molecule has 0 spiro atoms. The fourth-order valence-corrected chi connectivity index (χ4v) is 17.2. The zero-order valence-electron chi connectivity index (χ0n) is 43.5. The number of hydrogen-bond donors (Lipinski definition) is 0. The summed E-state index contributed by atoms with van der Waals surface area (Å²) in [6.07, 6.45) is 9.99. The van der Waals surface area contributed by atoms with Crippen molar-refractivity contribution in [2.24, 2.45) is 17.3 Å². The van der Waals surface area contributed by atoms with Crippen LogP contribution >= 0.6 is 0 Å². The molecule has 0 aromatic carbocycles. The third-order valence-electron chi connectivity index (χ3n) is 16.6. The minimum absolute atomic E-state index is 0.00708. The van der Waals surface area contributed by atoms with Crippen LogP contribution in [0.25, 0.3) is 6.08 Å². The number of carbonyl (C=O) groups is 2. The molecule has 8 atom stereocenters. The normalized spacial score (nSPS) is 28.2. The monoisotopic (exact) mass is 942 g/mol. The number of nitrogens with zero attached hydrogens (tertiary/aromatic N) is 5. The Balaban J connectivity index is 1.80. The minimum atomic E-state index is -2.29. The van der Waals surface area contributed by atoms with E-state index in [4.69, 9.17) is 23.1 Å². The molecule has 64 heavy (non-hydrogen) atoms. The summed E-state index contributed by atoms with van der Waals surface area (Å²) in [6, 6.07) is 9.90. The predicted molar refractivity (Wildman–Crippen MR) is 270 cm³/mol. The number of esters is 1. The first-order valence-electron chi connectivity index (χ1n) is 25.1. The predicted octanol–water partition coefficient (Wildman–Crippen LogP) is 12.0. The smallest absolute Gasteiger partial charge is 0.309 e. The van der Waals surface area contributed by atoms with Gasteiger partial charge >= 0.3 is 5.97 Å². The highest BCUT2D eigenvalue weighted by atomic mass is 28.4. The van der Waals surface area contributed by atoms with E-state index < -0.39 is 42.6 Å². The van der Waals surface area contributed by atoms with Crippen LogP contribution in [0.1, 0.15) is 142 Å². The first kappa shape index (κ1) is 54.4. The molecule has 2 aliphatic rings. The molecule has 364 valence electrons. The molecule has 2 fully saturated rings. The van der Waals surface area contributed by atoms with Crippen LogP contribution in [0.5, 0.6) is 0 Å². The summed E-state index contributed by atoms with van der Waals surface area (Å²) in [6.45, 7) is 39.8. The molecular formula is C50H91N5O6Si3. The molecule has 2 unspecified atom stereocenters. The lowest BCUT2D eigenvalue weighted by Gasteiger charge is -2.44. The SMILES string of the molecule is CC[Si](CC)(CC)OC1[C@@H](C)CCC[C@]2(C)[C@H](C[C@@H](/C(C)=C/c3ccn(Cn4cccn4)n3)OC(=O)C[C@H](O[Si](CC)(CC)CC)C(C)(C)C(=O)[C@@H]1C)N2CCO[Si](C)(C)C(C)(C)C. The van der Waals surface area contributed by atoms with Crippen molar-refractivity contribution in [3.8, 4) is 0 Å². The van der Waals surface area contributed by atoms with Gasteiger partial charge in [0, 0.05) is 61.1 Å². The van der Waals surface area contributed by atoms with Crippen LogP contribution in [-0.2, 0) is 34.3 Å². The summed E-state index contributed by atoms with van der Waals surface area (Å²) in [7, 11) is -6.34. The van der Waals surface area contributed by atoms with Crippen molar-refractivity contribution in [2.45, 2.75) is 227 Å². The molecule has 4 rings (SSSR count). The number of hydrogen-bond acceptors (Lipinski definition) is 9. The molecule has 4 heterocycles. The third-order valence-corrected chi connectivity index (χ3v) is 30.5. The highest BCUT2D eigenvalue weighted by Gasteiger charge is 2.59. The standard InChI is InChI=1S/C50H91N5O6Si3/c1-18-63(19-2,20-3)60-44-36-45(56)59-42(39(8)34-41-27-31-54(52-41)37-53-30-25-29-51-53)35-43-50(15,55(43)32-33-58-62(16,17)48(10,11)12)28-24-26-38(7)46(40(9)47(57)49(44,13)14)61-64(21-4,22-5)23-6/h25,27,29-31,34,38,40,42-44,46H,18-24,26,28,32-33,35-37H2,1-17H3/b39-34+/t38-,40+,42-,43-,44-,46?,50+,55?/m0/s1. The van der Waals surface area contributed by atoms with E-state index in [9.17, 15) is 4.79 Å². The maximum absolute atomic E-state index is 15.3. The highest BCUT2D eigenvalue weighted by Crippen LogP contribution is 2.49. The summed E-state index contributed by atoms with van der Waals surface area (Å²) >= 11 is 0. The van der Waals surface area contributed by atoms with E-state index in [1.54, 1.807) is 6.20 Å². The zero-order valence-corrected chi connectivity index (χ0v) is 46.5. The van der Waals surface area contributed by atoms with Gasteiger partial charge in [0.1, 0.15) is 18.6 Å². The number of fused-ring (bicyclic) bond motifs is 1. The second-order valence-electron chi connectivity index (χ2n) is 21.9. The van der Waals surface area contributed by atoms with Gasteiger partial charge in [0.25, 0.3) is 0 Å². The Bertz CT molecular complexity index is 1800. The van der Waals surface area contributed by atoms with Gasteiger partial charge in [-0.3, -0.25) is 23.9 Å². The van der Waals surface area contributed by atoms with Crippen LogP contribution in [0.4, 0.5) is 0 Å². The number of ether oxygens (including phenoxy) is 1. The zero-order chi connectivity index (χ0) is 47.9. The van der Waals surface area contributed by atoms with E-state index >= 15 is 4.79 Å². The molecule has 14 heteroatoms. The number of Topliss-reactive ketones (excluding diaryl/α,β-unsaturated/α-hetero) is 1. The number of rotatable bonds is 18. The van der Waals surface area contributed by atoms with Crippen molar-refractivity contribution in [1.29, 1.82) is 0 Å². The van der Waals surface area contributed by atoms with Gasteiger partial charge in [-0.05, 0) is 111 Å². The molecule has 2 aromatic rings. The minimum Gasteiger partial charge on any atom is -0.458 e. The van der Waals surface area contributed by atoms with E-state index in [1.165, 1.54) is 0 Å². The number of aromatic nitrogens is 4. The van der Waals surface area contributed by atoms with Crippen molar-refractivity contribution in [3.05, 3.63) is 42.0 Å². The van der Waals surface area contributed by atoms with Gasteiger partial charge in [0.2, 0.25) is 0 Å². The van der Waals surface area contributed by atoms with Crippen LogP contribution in [-0.4, -0.2) is 104 Å². The van der Waals surface area contributed by atoms with E-state index in [-0.39, 0.29) is 52.7 Å². The van der Waals surface area contributed by atoms with Gasteiger partial charge in [-0.15, -0.1) is 0 Å². The molecular weight excluding hydrogens is 851 g/mol. The average molecular weight is 943 g/mol. The highest BCUT2D eigenvalue weighted by molar-refractivity contribution is 6.74. The number of ketones is 1. The summed E-state index contributed by atoms with van der Waals surface area (Å²) in [5, 5.41) is 9.31. The van der Waals surface area contributed by atoms with Crippen LogP contribution in [0.15, 0.2) is 36.3 Å². The Morgan fingerprint density at radius 1 is 0.922 bits per heavy atom. The Kier molecular flexibility index (Phi) is 18.9. The molecule has 2 saturated heterocycles. The lowest BCUT2D eigenvalue weighted by Crippen LogP contribution is -2.53. The second-order valence-corrected chi connectivity index (χ2v) is 36.1. The molecule has 0 radical (unpaired) electrons. The van der Waals surface area contributed by atoms with Gasteiger partial charge in [0.05, 0.1) is 24.3 Å². The topological polar surface area (TPSA) is 110 Å². The largest absolute Gasteiger partial charge is 0.458 e. The summed E-state index contributed by atoms with van der Waals surface area (Å²) in [5.74, 6) is -0.394. The van der Waals surface area contributed by atoms with Crippen LogP contribution < -0.4 is 0 Å². The molecule has 0 aliphatic carbocycles. The molecule has 0 amide bonds. The van der Waals surface area contributed by atoms with Crippen molar-refractivity contribution < 1.29 is 27.6 Å². The fourth-order valence-electron chi connectivity index (χ4n) is 10.2. The van der Waals surface area contributed by atoms with Gasteiger partial charge in [-0.2, -0.15) is 10.2 Å². The summed E-state index contributed by atoms with van der Waals surface area (Å²) < 4.78 is 31.9. The Morgan fingerprint density at radius 2 is 1.53 bits per heavy atom. The van der Waals surface area contributed by atoms with E-state index in [2.05, 4.69) is 119 Å². The molecule has 2 aliphatic heterocycles. The summed E-state index contributed by atoms with van der Waals surface area (Å²) in [4.78, 5) is 32.6. The number of cyclic esters (lactones) is 1. The maximum atomic E-state index is 15.3. The molecule has 0 saturated carbocycles. The van der Waals surface area contributed by atoms with Gasteiger partial charge in [-0.1, -0.05) is 96.4 Å². The van der Waals surface area contributed by atoms with E-state index in [0.29, 0.717) is 19.7 Å². The van der Waals surface area contributed by atoms with Crippen molar-refractivity contribution in [2.75, 3.05) is 13.2 Å². The summed E-state index contributed by atoms with van der Waals surface area (Å²) in [5.41, 5.74) is 0.680. The quantitative estimate of drug-likeness (QED) is 0.0819. The van der Waals surface area contributed by atoms with E-state index in [1.807, 2.05) is 47.7 Å². The lowest BCUT2D eigenvalue weighted by molar-refractivity contribution is -0.153. The van der Waals surface area contributed by atoms with Crippen LogP contribution in [0.2, 0.25) is 54.4 Å². The van der Waals surface area contributed by atoms with Gasteiger partial charge in [-0.25, -0.2) is 0 Å². The Labute approximate surface area is 392 Å². The van der Waals surface area contributed by atoms with Crippen LogP contribution in [0.3, 0.4) is 0 Å². The number of carbonyl (C=O) groups excluding carboxylic acids is 2. The van der Waals surface area contributed by atoms with Crippen molar-refractivity contribution in [1.82, 2.24) is 24.5 Å². The first-order valence-corrected chi connectivity index (χ1v) is 33.1. The van der Waals surface area contributed by atoms with Crippen molar-refractivity contribution >= 4 is 42.8 Å². The average Bonchev–Trinajstić information content (AvgIpc) is 3.65. The van der Waals surface area contributed by atoms with Gasteiger partial charge in [0.15, 0.2) is 25.0 Å². The molecule has 11 nitrogen and oxygen atoms in total. The molecule has 0 bridgehead atoms. The maximum Gasteiger partial charge on any atom is 0.309 e. The van der Waals surface area contributed by atoms with Crippen LogP contribution in [0, 0.1) is 17.3 Å². The third kappa shape index (κ3) is 12.9. The lowest BCUT2D eigenvalue weighted by atomic mass is 9.73. The van der Waals surface area contributed by atoms with Gasteiger partial charge < -0.3 is 18.0 Å². The molecule has 0 N–H and O–H groups in total. The van der Waals surface area contributed by atoms with E-state index in [0.717, 1.165) is 73.3 Å². The molecule has 2 aromatic heterocycles. The second kappa shape index (κ2) is 22.3. The first-order chi connectivity index (χ1) is 29.9. The van der Waals surface area contributed by atoms with Crippen molar-refractivity contribution in [3.63, 3.8) is 0 Å². The Hall–Kier alpha value is -2.21.